The number of thiophene rings is 1. The number of ether oxygens (including phenoxy) is 2. The quantitative estimate of drug-likeness (QED) is 0.666. The van der Waals surface area contributed by atoms with Gasteiger partial charge < -0.3 is 19.3 Å². The molecule has 7 nitrogen and oxygen atoms in total. The SMILES string of the molecule is Cc1ccc(N2C(=O)CC[C@@H](C(=O)OCC(=O)N3CCOCC3)[C@@H]2c2cccs2)cc1. The van der Waals surface area contributed by atoms with Crippen LogP contribution >= 0.6 is 11.3 Å². The lowest BCUT2D eigenvalue weighted by Crippen LogP contribution is -2.47. The van der Waals surface area contributed by atoms with Crippen molar-refractivity contribution in [2.45, 2.75) is 25.8 Å². The number of benzene rings is 1. The van der Waals surface area contributed by atoms with Gasteiger partial charge in [0.25, 0.3) is 5.91 Å². The van der Waals surface area contributed by atoms with E-state index in [1.807, 2.05) is 48.7 Å². The highest BCUT2D eigenvalue weighted by molar-refractivity contribution is 7.10. The van der Waals surface area contributed by atoms with Crippen molar-refractivity contribution in [3.05, 3.63) is 52.2 Å². The monoisotopic (exact) mass is 442 g/mol. The Bertz CT molecular complexity index is 922. The number of hydrogen-bond donors (Lipinski definition) is 0. The van der Waals surface area contributed by atoms with Crippen LogP contribution in [0.15, 0.2) is 41.8 Å². The van der Waals surface area contributed by atoms with Crippen molar-refractivity contribution in [1.82, 2.24) is 4.90 Å². The fourth-order valence-corrected chi connectivity index (χ4v) is 4.96. The number of amides is 2. The average molecular weight is 443 g/mol. The molecule has 0 bridgehead atoms. The highest BCUT2D eigenvalue weighted by Gasteiger charge is 2.43. The molecule has 1 aromatic heterocycles. The number of hydrogen-bond acceptors (Lipinski definition) is 6. The first-order valence-corrected chi connectivity index (χ1v) is 11.4. The summed E-state index contributed by atoms with van der Waals surface area (Å²) in [7, 11) is 0. The van der Waals surface area contributed by atoms with Gasteiger partial charge in [0.1, 0.15) is 0 Å². The molecule has 0 spiro atoms. The lowest BCUT2D eigenvalue weighted by atomic mass is 9.87. The number of carbonyl (C=O) groups is 3. The van der Waals surface area contributed by atoms with Crippen LogP contribution in [0.5, 0.6) is 0 Å². The zero-order chi connectivity index (χ0) is 21.8. The minimum absolute atomic E-state index is 0.0179. The van der Waals surface area contributed by atoms with E-state index in [0.717, 1.165) is 16.1 Å². The molecule has 164 valence electrons. The number of aryl methyl sites for hydroxylation is 1. The Morgan fingerprint density at radius 3 is 2.58 bits per heavy atom. The molecular formula is C23H26N2O5S. The number of morpholine rings is 1. The van der Waals surface area contributed by atoms with Crippen LogP contribution in [-0.2, 0) is 23.9 Å². The van der Waals surface area contributed by atoms with Gasteiger partial charge in [-0.25, -0.2) is 0 Å². The van der Waals surface area contributed by atoms with E-state index in [1.54, 1.807) is 9.80 Å². The van der Waals surface area contributed by atoms with Crippen molar-refractivity contribution in [1.29, 1.82) is 0 Å². The van der Waals surface area contributed by atoms with E-state index in [0.29, 0.717) is 32.7 Å². The summed E-state index contributed by atoms with van der Waals surface area (Å²) in [4.78, 5) is 42.7. The van der Waals surface area contributed by atoms with E-state index in [-0.39, 0.29) is 24.8 Å². The maximum atomic E-state index is 13.1. The molecule has 2 aliphatic heterocycles. The Hall–Kier alpha value is -2.71. The van der Waals surface area contributed by atoms with E-state index in [9.17, 15) is 14.4 Å². The van der Waals surface area contributed by atoms with Crippen LogP contribution in [-0.4, -0.2) is 55.6 Å². The minimum atomic E-state index is -0.532. The standard InChI is InChI=1S/C23H26N2O5S/c1-16-4-6-17(7-5-16)25-20(26)9-8-18(22(25)19-3-2-14-31-19)23(28)30-15-21(27)24-10-12-29-13-11-24/h2-7,14,18,22H,8-13,15H2,1H3/t18-,22-/m1/s1. The molecule has 2 atom stereocenters. The number of piperidine rings is 1. The van der Waals surface area contributed by atoms with Gasteiger partial charge in [0, 0.05) is 30.1 Å². The summed E-state index contributed by atoms with van der Waals surface area (Å²) in [6, 6.07) is 11.1. The molecular weight excluding hydrogens is 416 g/mol. The van der Waals surface area contributed by atoms with Crippen LogP contribution in [0.1, 0.15) is 29.3 Å². The third-order valence-corrected chi connectivity index (χ3v) is 6.69. The summed E-state index contributed by atoms with van der Waals surface area (Å²) in [6.45, 7) is 3.71. The number of nitrogens with zero attached hydrogens (tertiary/aromatic N) is 2. The van der Waals surface area contributed by atoms with Gasteiger partial charge in [0.2, 0.25) is 5.91 Å². The third-order valence-electron chi connectivity index (χ3n) is 5.75. The van der Waals surface area contributed by atoms with Gasteiger partial charge in [-0.15, -0.1) is 11.3 Å². The smallest absolute Gasteiger partial charge is 0.311 e. The van der Waals surface area contributed by atoms with Crippen molar-refractivity contribution < 1.29 is 23.9 Å². The molecule has 2 aliphatic rings. The van der Waals surface area contributed by atoms with Crippen LogP contribution in [0.4, 0.5) is 5.69 Å². The van der Waals surface area contributed by atoms with E-state index in [1.165, 1.54) is 11.3 Å². The molecule has 31 heavy (non-hydrogen) atoms. The first-order valence-electron chi connectivity index (χ1n) is 10.5. The van der Waals surface area contributed by atoms with Gasteiger partial charge in [0.05, 0.1) is 25.2 Å². The maximum absolute atomic E-state index is 13.1. The van der Waals surface area contributed by atoms with Crippen LogP contribution < -0.4 is 4.90 Å². The minimum Gasteiger partial charge on any atom is -0.455 e. The third kappa shape index (κ3) is 4.80. The molecule has 8 heteroatoms. The summed E-state index contributed by atoms with van der Waals surface area (Å²) >= 11 is 1.51. The second-order valence-electron chi connectivity index (χ2n) is 7.81. The molecule has 2 amide bonds. The second-order valence-corrected chi connectivity index (χ2v) is 8.78. The van der Waals surface area contributed by atoms with Gasteiger partial charge in [-0.05, 0) is 36.9 Å². The molecule has 0 unspecified atom stereocenters. The second kappa shape index (κ2) is 9.62. The number of carbonyl (C=O) groups excluding carboxylic acids is 3. The average Bonchev–Trinajstić information content (AvgIpc) is 3.33. The van der Waals surface area contributed by atoms with Crippen molar-refractivity contribution in [2.24, 2.45) is 5.92 Å². The van der Waals surface area contributed by atoms with E-state index in [4.69, 9.17) is 9.47 Å². The lowest BCUT2D eigenvalue weighted by molar-refractivity contribution is -0.158. The zero-order valence-electron chi connectivity index (χ0n) is 17.5. The molecule has 0 aliphatic carbocycles. The Labute approximate surface area is 185 Å². The molecule has 0 saturated carbocycles. The molecule has 2 saturated heterocycles. The first-order chi connectivity index (χ1) is 15.0. The largest absolute Gasteiger partial charge is 0.455 e. The summed E-state index contributed by atoms with van der Waals surface area (Å²) in [5.41, 5.74) is 1.86. The van der Waals surface area contributed by atoms with Gasteiger partial charge in [0.15, 0.2) is 6.61 Å². The highest BCUT2D eigenvalue weighted by atomic mass is 32.1. The fraction of sp³-hybridized carbons (Fsp3) is 0.435. The molecule has 0 N–H and O–H groups in total. The molecule has 0 radical (unpaired) electrons. The van der Waals surface area contributed by atoms with E-state index < -0.39 is 17.9 Å². The van der Waals surface area contributed by atoms with Gasteiger partial charge >= 0.3 is 5.97 Å². The first kappa shape index (κ1) is 21.5. The fourth-order valence-electron chi connectivity index (χ4n) is 4.08. The number of rotatable bonds is 5. The summed E-state index contributed by atoms with van der Waals surface area (Å²) in [5, 5.41) is 1.94. The van der Waals surface area contributed by atoms with Crippen molar-refractivity contribution >= 4 is 34.8 Å². The Morgan fingerprint density at radius 2 is 1.90 bits per heavy atom. The molecule has 2 fully saturated rings. The van der Waals surface area contributed by atoms with Crippen molar-refractivity contribution in [2.75, 3.05) is 37.8 Å². The highest BCUT2D eigenvalue weighted by Crippen LogP contribution is 2.42. The summed E-state index contributed by atoms with van der Waals surface area (Å²) < 4.78 is 10.7. The Balaban J connectivity index is 1.54. The maximum Gasteiger partial charge on any atom is 0.311 e. The van der Waals surface area contributed by atoms with Gasteiger partial charge in [-0.1, -0.05) is 23.8 Å². The summed E-state index contributed by atoms with van der Waals surface area (Å²) in [5.74, 6) is -1.21. The predicted molar refractivity (Wildman–Crippen MR) is 117 cm³/mol. The molecule has 1 aromatic carbocycles. The Morgan fingerprint density at radius 1 is 1.16 bits per heavy atom. The molecule has 3 heterocycles. The zero-order valence-corrected chi connectivity index (χ0v) is 18.3. The van der Waals surface area contributed by atoms with Crippen LogP contribution in [0, 0.1) is 12.8 Å². The van der Waals surface area contributed by atoms with E-state index >= 15 is 0 Å². The normalized spacial score (nSPS) is 21.8. The summed E-state index contributed by atoms with van der Waals surface area (Å²) in [6.07, 6.45) is 0.654. The van der Waals surface area contributed by atoms with Crippen molar-refractivity contribution in [3.8, 4) is 0 Å². The van der Waals surface area contributed by atoms with Crippen LogP contribution in [0.3, 0.4) is 0 Å². The Kier molecular flexibility index (Phi) is 6.67. The van der Waals surface area contributed by atoms with Crippen LogP contribution in [0.25, 0.3) is 0 Å². The topological polar surface area (TPSA) is 76.2 Å². The van der Waals surface area contributed by atoms with Crippen molar-refractivity contribution in [3.63, 3.8) is 0 Å². The van der Waals surface area contributed by atoms with E-state index in [2.05, 4.69) is 0 Å². The van der Waals surface area contributed by atoms with Gasteiger partial charge in [-0.2, -0.15) is 0 Å². The number of anilines is 1. The predicted octanol–water partition coefficient (Wildman–Crippen LogP) is 2.94. The molecule has 2 aromatic rings. The lowest BCUT2D eigenvalue weighted by Gasteiger charge is -2.39. The number of esters is 1. The van der Waals surface area contributed by atoms with Crippen LogP contribution in [0.2, 0.25) is 0 Å². The molecule has 4 rings (SSSR count). The van der Waals surface area contributed by atoms with Gasteiger partial charge in [-0.3, -0.25) is 14.4 Å².